The second-order valence-corrected chi connectivity index (χ2v) is 4.42. The molecule has 84 valence electrons. The second-order valence-electron chi connectivity index (χ2n) is 4.42. The summed E-state index contributed by atoms with van der Waals surface area (Å²) in [6.45, 7) is 2.57. The van der Waals surface area contributed by atoms with Crippen molar-refractivity contribution in [2.45, 2.75) is 19.3 Å². The summed E-state index contributed by atoms with van der Waals surface area (Å²) in [6, 6.07) is 5.79. The van der Waals surface area contributed by atoms with Gasteiger partial charge in [0, 0.05) is 25.1 Å². The summed E-state index contributed by atoms with van der Waals surface area (Å²) in [7, 11) is 0. The Morgan fingerprint density at radius 2 is 2.06 bits per heavy atom. The highest BCUT2D eigenvalue weighted by Crippen LogP contribution is 2.26. The van der Waals surface area contributed by atoms with Gasteiger partial charge < -0.3 is 9.64 Å². The SMILES string of the molecule is O=C(c1ccc2c(c1)CCO2)N1CCCC1. The van der Waals surface area contributed by atoms with E-state index in [2.05, 4.69) is 0 Å². The van der Waals surface area contributed by atoms with Gasteiger partial charge in [0.15, 0.2) is 0 Å². The molecule has 0 radical (unpaired) electrons. The summed E-state index contributed by atoms with van der Waals surface area (Å²) in [6.07, 6.45) is 3.20. The summed E-state index contributed by atoms with van der Waals surface area (Å²) in [5, 5.41) is 0. The Labute approximate surface area is 95.0 Å². The molecule has 1 fully saturated rings. The smallest absolute Gasteiger partial charge is 0.253 e. The zero-order valence-electron chi connectivity index (χ0n) is 9.24. The van der Waals surface area contributed by atoms with Crippen LogP contribution in [0.1, 0.15) is 28.8 Å². The third-order valence-corrected chi connectivity index (χ3v) is 3.33. The Kier molecular flexibility index (Phi) is 2.31. The molecule has 0 saturated carbocycles. The quantitative estimate of drug-likeness (QED) is 0.718. The van der Waals surface area contributed by atoms with Crippen LogP contribution in [0.3, 0.4) is 0 Å². The minimum atomic E-state index is 0.173. The molecular formula is C13H15NO2. The fourth-order valence-corrected chi connectivity index (χ4v) is 2.42. The van der Waals surface area contributed by atoms with Crippen LogP contribution in [-0.4, -0.2) is 30.5 Å². The van der Waals surface area contributed by atoms with E-state index in [1.807, 2.05) is 23.1 Å². The van der Waals surface area contributed by atoms with Crippen molar-refractivity contribution in [3.05, 3.63) is 29.3 Å². The number of fused-ring (bicyclic) bond motifs is 1. The largest absolute Gasteiger partial charge is 0.493 e. The lowest BCUT2D eigenvalue weighted by molar-refractivity contribution is 0.0793. The van der Waals surface area contributed by atoms with E-state index in [4.69, 9.17) is 4.74 Å². The molecule has 2 heterocycles. The standard InChI is InChI=1S/C13H15NO2/c15-13(14-6-1-2-7-14)11-3-4-12-10(9-11)5-8-16-12/h3-4,9H,1-2,5-8H2. The fourth-order valence-electron chi connectivity index (χ4n) is 2.42. The molecule has 2 aliphatic rings. The van der Waals surface area contributed by atoms with Crippen LogP contribution in [0, 0.1) is 0 Å². The highest BCUT2D eigenvalue weighted by Gasteiger charge is 2.21. The summed E-state index contributed by atoms with van der Waals surface area (Å²) in [5.41, 5.74) is 1.98. The number of ether oxygens (including phenoxy) is 1. The van der Waals surface area contributed by atoms with Crippen molar-refractivity contribution in [1.29, 1.82) is 0 Å². The van der Waals surface area contributed by atoms with Crippen LogP contribution in [0.5, 0.6) is 5.75 Å². The van der Waals surface area contributed by atoms with Crippen LogP contribution in [0.4, 0.5) is 0 Å². The number of likely N-dealkylation sites (tertiary alicyclic amines) is 1. The number of hydrogen-bond donors (Lipinski definition) is 0. The molecular weight excluding hydrogens is 202 g/mol. The van der Waals surface area contributed by atoms with Crippen molar-refractivity contribution in [2.75, 3.05) is 19.7 Å². The second kappa shape index (κ2) is 3.81. The van der Waals surface area contributed by atoms with E-state index in [0.29, 0.717) is 0 Å². The Morgan fingerprint density at radius 1 is 1.25 bits per heavy atom. The fraction of sp³-hybridized carbons (Fsp3) is 0.462. The summed E-state index contributed by atoms with van der Waals surface area (Å²) in [4.78, 5) is 14.1. The van der Waals surface area contributed by atoms with Crippen molar-refractivity contribution in [1.82, 2.24) is 4.90 Å². The van der Waals surface area contributed by atoms with Gasteiger partial charge in [0.25, 0.3) is 5.91 Å². The van der Waals surface area contributed by atoms with Gasteiger partial charge in [0.05, 0.1) is 6.61 Å². The molecule has 1 aromatic carbocycles. The number of hydrogen-bond acceptors (Lipinski definition) is 2. The van der Waals surface area contributed by atoms with Gasteiger partial charge in [-0.05, 0) is 36.6 Å². The van der Waals surface area contributed by atoms with Crippen molar-refractivity contribution >= 4 is 5.91 Å². The van der Waals surface area contributed by atoms with Crippen molar-refractivity contribution < 1.29 is 9.53 Å². The lowest BCUT2D eigenvalue weighted by Gasteiger charge is -2.15. The normalized spacial score (nSPS) is 18.4. The minimum Gasteiger partial charge on any atom is -0.493 e. The van der Waals surface area contributed by atoms with Crippen molar-refractivity contribution in [3.63, 3.8) is 0 Å². The van der Waals surface area contributed by atoms with E-state index in [1.165, 1.54) is 5.56 Å². The maximum absolute atomic E-state index is 12.1. The number of nitrogens with zero attached hydrogens (tertiary/aromatic N) is 1. The van der Waals surface area contributed by atoms with Crippen LogP contribution in [0.15, 0.2) is 18.2 Å². The number of carbonyl (C=O) groups excluding carboxylic acids is 1. The first-order valence-corrected chi connectivity index (χ1v) is 5.89. The molecule has 2 aliphatic heterocycles. The average molecular weight is 217 g/mol. The van der Waals surface area contributed by atoms with E-state index in [1.54, 1.807) is 0 Å². The Bertz CT molecular complexity index is 422. The Morgan fingerprint density at radius 3 is 2.88 bits per heavy atom. The lowest BCUT2D eigenvalue weighted by Crippen LogP contribution is -2.27. The predicted octanol–water partition coefficient (Wildman–Crippen LogP) is 1.86. The molecule has 0 bridgehead atoms. The molecule has 0 spiro atoms. The van der Waals surface area contributed by atoms with Gasteiger partial charge in [-0.25, -0.2) is 0 Å². The number of benzene rings is 1. The summed E-state index contributed by atoms with van der Waals surface area (Å²) >= 11 is 0. The molecule has 0 N–H and O–H groups in total. The highest BCUT2D eigenvalue weighted by atomic mass is 16.5. The first-order valence-electron chi connectivity index (χ1n) is 5.89. The van der Waals surface area contributed by atoms with Crippen LogP contribution in [-0.2, 0) is 6.42 Å². The van der Waals surface area contributed by atoms with Gasteiger partial charge >= 0.3 is 0 Å². The van der Waals surface area contributed by atoms with Gasteiger partial charge in [0.1, 0.15) is 5.75 Å². The summed E-state index contributed by atoms with van der Waals surface area (Å²) < 4.78 is 5.43. The number of amides is 1. The molecule has 0 unspecified atom stereocenters. The molecule has 3 rings (SSSR count). The summed E-state index contributed by atoms with van der Waals surface area (Å²) in [5.74, 6) is 1.12. The molecule has 1 aromatic rings. The van der Waals surface area contributed by atoms with E-state index in [-0.39, 0.29) is 5.91 Å². The monoisotopic (exact) mass is 217 g/mol. The molecule has 0 atom stereocenters. The van der Waals surface area contributed by atoms with E-state index in [9.17, 15) is 4.79 Å². The van der Waals surface area contributed by atoms with E-state index in [0.717, 1.165) is 50.3 Å². The zero-order valence-corrected chi connectivity index (χ0v) is 9.24. The van der Waals surface area contributed by atoms with E-state index < -0.39 is 0 Å². The topological polar surface area (TPSA) is 29.5 Å². The van der Waals surface area contributed by atoms with Gasteiger partial charge in [-0.15, -0.1) is 0 Å². The number of carbonyl (C=O) groups is 1. The van der Waals surface area contributed by atoms with Crippen LogP contribution in [0.25, 0.3) is 0 Å². The van der Waals surface area contributed by atoms with Gasteiger partial charge in [-0.3, -0.25) is 4.79 Å². The predicted molar refractivity (Wildman–Crippen MR) is 60.8 cm³/mol. The minimum absolute atomic E-state index is 0.173. The highest BCUT2D eigenvalue weighted by molar-refractivity contribution is 5.94. The van der Waals surface area contributed by atoms with Crippen LogP contribution in [0.2, 0.25) is 0 Å². The molecule has 16 heavy (non-hydrogen) atoms. The van der Waals surface area contributed by atoms with Crippen LogP contribution < -0.4 is 4.74 Å². The molecule has 3 nitrogen and oxygen atoms in total. The Balaban J connectivity index is 1.86. The van der Waals surface area contributed by atoms with Gasteiger partial charge in [0.2, 0.25) is 0 Å². The molecule has 0 aliphatic carbocycles. The maximum Gasteiger partial charge on any atom is 0.253 e. The maximum atomic E-state index is 12.1. The van der Waals surface area contributed by atoms with Crippen molar-refractivity contribution in [2.24, 2.45) is 0 Å². The Hall–Kier alpha value is -1.51. The van der Waals surface area contributed by atoms with Crippen molar-refractivity contribution in [3.8, 4) is 5.75 Å². The van der Waals surface area contributed by atoms with Crippen LogP contribution >= 0.6 is 0 Å². The third-order valence-electron chi connectivity index (χ3n) is 3.33. The molecule has 1 saturated heterocycles. The third kappa shape index (κ3) is 1.56. The first-order chi connectivity index (χ1) is 7.84. The van der Waals surface area contributed by atoms with Gasteiger partial charge in [-0.2, -0.15) is 0 Å². The number of rotatable bonds is 1. The average Bonchev–Trinajstić information content (AvgIpc) is 2.98. The first kappa shape index (κ1) is 9.70. The lowest BCUT2D eigenvalue weighted by atomic mass is 10.1. The van der Waals surface area contributed by atoms with E-state index >= 15 is 0 Å². The molecule has 0 aromatic heterocycles. The molecule has 1 amide bonds. The zero-order chi connectivity index (χ0) is 11.0. The molecule has 3 heteroatoms. The van der Waals surface area contributed by atoms with Gasteiger partial charge in [-0.1, -0.05) is 0 Å².